The molecule has 14 unspecified atom stereocenters. The third kappa shape index (κ3) is 18.8. The molecule has 0 amide bonds. The molecule has 0 saturated carbocycles. The molecule has 0 aromatic carbocycles. The normalized spacial score (nSPS) is 27.4. The zero-order valence-electron chi connectivity index (χ0n) is 49.3. The first-order valence-corrected chi connectivity index (χ1v) is 28.9. The molecule has 0 aromatic rings. The summed E-state index contributed by atoms with van der Waals surface area (Å²) in [5, 5.41) is 0. The van der Waals surface area contributed by atoms with Crippen LogP contribution in [0.4, 0.5) is 0 Å². The van der Waals surface area contributed by atoms with Crippen molar-refractivity contribution in [3.05, 3.63) is 0 Å². The van der Waals surface area contributed by atoms with Crippen molar-refractivity contribution in [3.8, 4) is 0 Å². The van der Waals surface area contributed by atoms with Gasteiger partial charge in [-0.15, -0.1) is 0 Å². The zero-order valence-corrected chi connectivity index (χ0v) is 49.3. The predicted molar refractivity (Wildman–Crippen MR) is 279 cm³/mol. The number of hydrogen-bond acceptors (Lipinski definition) is 22. The van der Waals surface area contributed by atoms with E-state index in [1.54, 1.807) is 69.2 Å². The number of carbonyl (C=O) groups excluding carboxylic acids is 8. The molecule has 6 rings (SSSR count). The summed E-state index contributed by atoms with van der Waals surface area (Å²) in [6.45, 7) is 26.8. The molecule has 0 aliphatic carbocycles. The molecule has 0 aromatic heterocycles. The first-order valence-electron chi connectivity index (χ1n) is 28.9. The van der Waals surface area contributed by atoms with Crippen molar-refractivity contribution in [1.82, 2.24) is 0 Å². The SMILES string of the molecule is CC(C)C(C(=O)OC[C@@H]1CO1)C(C)C(C(=O)OC[C@@H]1CO1)C(C)C(C(=O)OC[C@@H]1CO1)C(C)C(C)C(=O)O[C@H](C)[C@@H](C)OC(=O)C(C(C)C)C(C)C(C(=O)OC[C@@H]1CO1)C(C)C(C(=O)OC[C@@H]1CO1)C(C)C(C)C(=O)OC[C@@H]1CO1. The van der Waals surface area contributed by atoms with Gasteiger partial charge in [-0.1, -0.05) is 83.1 Å². The van der Waals surface area contributed by atoms with Crippen molar-refractivity contribution in [1.29, 1.82) is 0 Å². The van der Waals surface area contributed by atoms with Gasteiger partial charge in [-0.25, -0.2) is 0 Å². The van der Waals surface area contributed by atoms with Gasteiger partial charge in [-0.3, -0.25) is 38.4 Å². The minimum atomic E-state index is -1.11. The van der Waals surface area contributed by atoms with Gasteiger partial charge in [-0.05, 0) is 61.2 Å². The van der Waals surface area contributed by atoms with Crippen LogP contribution in [-0.4, -0.2) is 176 Å². The Morgan fingerprint density at radius 2 is 0.487 bits per heavy atom. The van der Waals surface area contributed by atoms with E-state index in [4.69, 9.17) is 66.3 Å². The largest absolute Gasteiger partial charge is 0.463 e. The Kier molecular flexibility index (Phi) is 23.6. The summed E-state index contributed by atoms with van der Waals surface area (Å²) in [6.07, 6.45) is -3.53. The van der Waals surface area contributed by atoms with Gasteiger partial charge in [0, 0.05) is 0 Å². The second-order valence-electron chi connectivity index (χ2n) is 24.2. The Bertz CT molecular complexity index is 2110. The van der Waals surface area contributed by atoms with Crippen LogP contribution >= 0.6 is 0 Å². The van der Waals surface area contributed by atoms with Crippen LogP contribution in [0.2, 0.25) is 0 Å². The summed E-state index contributed by atoms with van der Waals surface area (Å²) < 4.78 is 78.2. The molecule has 80 heavy (non-hydrogen) atoms. The summed E-state index contributed by atoms with van der Waals surface area (Å²) in [4.78, 5) is 113. The third-order valence-corrected chi connectivity index (χ3v) is 17.2. The van der Waals surface area contributed by atoms with E-state index in [2.05, 4.69) is 0 Å². The number of rotatable bonds is 37. The third-order valence-electron chi connectivity index (χ3n) is 17.2. The summed E-state index contributed by atoms with van der Waals surface area (Å²) >= 11 is 0. The van der Waals surface area contributed by atoms with Crippen molar-refractivity contribution in [2.75, 3.05) is 79.3 Å². The highest BCUT2D eigenvalue weighted by molar-refractivity contribution is 5.82. The van der Waals surface area contributed by atoms with Crippen LogP contribution in [0.15, 0.2) is 0 Å². The number of esters is 8. The second kappa shape index (κ2) is 29.2. The van der Waals surface area contributed by atoms with Gasteiger partial charge in [0.15, 0.2) is 0 Å². The molecule has 6 aliphatic heterocycles. The van der Waals surface area contributed by atoms with Gasteiger partial charge >= 0.3 is 47.8 Å². The molecule has 6 fully saturated rings. The van der Waals surface area contributed by atoms with E-state index in [0.717, 1.165) is 0 Å². The Morgan fingerprint density at radius 3 is 0.750 bits per heavy atom. The number of carbonyl (C=O) groups is 8. The van der Waals surface area contributed by atoms with E-state index in [1.807, 2.05) is 27.7 Å². The molecular formula is C58H90O22. The molecule has 22 heteroatoms. The van der Waals surface area contributed by atoms with Crippen molar-refractivity contribution in [3.63, 3.8) is 0 Å². The molecule has 22 atom stereocenters. The minimum Gasteiger partial charge on any atom is -0.463 e. The Labute approximate surface area is 470 Å². The van der Waals surface area contributed by atoms with Crippen molar-refractivity contribution in [2.45, 2.75) is 146 Å². The van der Waals surface area contributed by atoms with Gasteiger partial charge in [0.1, 0.15) is 88.5 Å². The van der Waals surface area contributed by atoms with Crippen LogP contribution in [0.5, 0.6) is 0 Å². The van der Waals surface area contributed by atoms with Crippen LogP contribution in [-0.2, 0) is 105 Å². The Balaban J connectivity index is 1.18. The highest BCUT2D eigenvalue weighted by Gasteiger charge is 2.51. The molecule has 0 N–H and O–H groups in total. The number of ether oxygens (including phenoxy) is 14. The van der Waals surface area contributed by atoms with Crippen molar-refractivity contribution in [2.24, 2.45) is 94.7 Å². The number of hydrogen-bond donors (Lipinski definition) is 0. The lowest BCUT2D eigenvalue weighted by Gasteiger charge is -2.39. The monoisotopic (exact) mass is 1140 g/mol. The number of epoxide rings is 6. The molecule has 22 nitrogen and oxygen atoms in total. The summed E-state index contributed by atoms with van der Waals surface area (Å²) in [6, 6.07) is 0. The van der Waals surface area contributed by atoms with Crippen LogP contribution in [0.25, 0.3) is 0 Å². The Morgan fingerprint density at radius 1 is 0.287 bits per heavy atom. The fourth-order valence-electron chi connectivity index (χ4n) is 11.2. The summed E-state index contributed by atoms with van der Waals surface area (Å²) in [5.74, 6) is -18.5. The maximum atomic E-state index is 14.6. The topological polar surface area (TPSA) is 286 Å². The zero-order chi connectivity index (χ0) is 58.9. The average molecular weight is 1140 g/mol. The molecule has 0 spiro atoms. The summed E-state index contributed by atoms with van der Waals surface area (Å²) in [5.41, 5.74) is 0. The van der Waals surface area contributed by atoms with E-state index in [-0.39, 0.29) is 82.2 Å². The van der Waals surface area contributed by atoms with E-state index >= 15 is 0 Å². The fourth-order valence-corrected chi connectivity index (χ4v) is 11.2. The van der Waals surface area contributed by atoms with E-state index in [0.29, 0.717) is 39.6 Å². The molecule has 6 heterocycles. The first-order chi connectivity index (χ1) is 37.8. The molecular weight excluding hydrogens is 1050 g/mol. The quantitative estimate of drug-likeness (QED) is 0.0466. The van der Waals surface area contributed by atoms with Crippen LogP contribution < -0.4 is 0 Å². The predicted octanol–water partition coefficient (Wildman–Crippen LogP) is 4.60. The highest BCUT2D eigenvalue weighted by Crippen LogP contribution is 2.44. The average Bonchev–Trinajstić information content (AvgIpc) is 4.18. The minimum absolute atomic E-state index is 0.0134. The standard InChI is InChI=1S/C58H90O22/c1-27(2)45(53(61)74-22-40-16-68-40)33(9)49(56(64)77-25-43-19-71-43)36(12)48(55(63)76-24-42-18-70-42)30(6)32(8)52(60)79-37(13)38(14)80-58(66)46(28(3)4)34(10)50(57(65)78-26-44-20-72-44)35(11)47(54(62)75-23-41-17-69-41)29(5)31(7)51(59)73-21-39-15-67-39/h27-50H,15-26H2,1-14H3/t29?,30?,31?,32?,33?,34?,35?,36?,37-,38-,39+,40+,41+,42+,43+,44+,45?,46?,47?,48?,49?,50?/m1/s1. The Hall–Kier alpha value is -4.48. The second-order valence-corrected chi connectivity index (χ2v) is 24.2. The van der Waals surface area contributed by atoms with Crippen molar-refractivity contribution >= 4 is 47.8 Å². The first kappa shape index (κ1) is 64.7. The molecule has 6 aliphatic rings. The van der Waals surface area contributed by atoms with Gasteiger partial charge in [-0.2, -0.15) is 0 Å². The maximum Gasteiger partial charge on any atom is 0.309 e. The van der Waals surface area contributed by atoms with Gasteiger partial charge in [0.2, 0.25) is 0 Å². The maximum absolute atomic E-state index is 14.6. The van der Waals surface area contributed by atoms with E-state index in [9.17, 15) is 38.4 Å². The molecule has 0 radical (unpaired) electrons. The van der Waals surface area contributed by atoms with Crippen LogP contribution in [0.1, 0.15) is 96.9 Å². The molecule has 454 valence electrons. The van der Waals surface area contributed by atoms with Crippen molar-refractivity contribution < 1.29 is 105 Å². The lowest BCUT2D eigenvalue weighted by atomic mass is 9.65. The lowest BCUT2D eigenvalue weighted by Crippen LogP contribution is -2.47. The fraction of sp³-hybridized carbons (Fsp3) is 0.862. The van der Waals surface area contributed by atoms with Crippen LogP contribution in [0, 0.1) is 94.7 Å². The molecule has 6 saturated heterocycles. The van der Waals surface area contributed by atoms with Gasteiger partial charge in [0.25, 0.3) is 0 Å². The van der Waals surface area contributed by atoms with E-state index in [1.165, 1.54) is 0 Å². The van der Waals surface area contributed by atoms with Gasteiger partial charge < -0.3 is 66.3 Å². The van der Waals surface area contributed by atoms with Crippen LogP contribution in [0.3, 0.4) is 0 Å². The van der Waals surface area contributed by atoms with Gasteiger partial charge in [0.05, 0.1) is 87.0 Å². The molecule has 0 bridgehead atoms. The summed E-state index contributed by atoms with van der Waals surface area (Å²) in [7, 11) is 0. The smallest absolute Gasteiger partial charge is 0.309 e. The lowest BCUT2D eigenvalue weighted by molar-refractivity contribution is -0.178. The highest BCUT2D eigenvalue weighted by atomic mass is 16.6. The van der Waals surface area contributed by atoms with E-state index < -0.39 is 149 Å².